The number of benzene rings is 1. The number of hydrogen-bond donors (Lipinski definition) is 0. The van der Waals surface area contributed by atoms with Gasteiger partial charge in [-0.2, -0.15) is 0 Å². The summed E-state index contributed by atoms with van der Waals surface area (Å²) < 4.78 is 10.8. The van der Waals surface area contributed by atoms with Gasteiger partial charge >= 0.3 is 5.97 Å². The molecule has 0 saturated heterocycles. The Morgan fingerprint density at radius 3 is 2.56 bits per heavy atom. The average molecular weight is 250 g/mol. The van der Waals surface area contributed by atoms with Crippen molar-refractivity contribution in [1.82, 2.24) is 0 Å². The first-order chi connectivity index (χ1) is 8.33. The molecule has 1 aromatic rings. The predicted molar refractivity (Wildman–Crippen MR) is 71.9 cm³/mol. The van der Waals surface area contributed by atoms with Crippen LogP contribution in [0, 0.1) is 0 Å². The van der Waals surface area contributed by atoms with Crippen molar-refractivity contribution >= 4 is 5.97 Å². The highest BCUT2D eigenvalue weighted by atomic mass is 16.6. The summed E-state index contributed by atoms with van der Waals surface area (Å²) >= 11 is 0. The van der Waals surface area contributed by atoms with Gasteiger partial charge in [-0.1, -0.05) is 12.1 Å². The fourth-order valence-corrected chi connectivity index (χ4v) is 1.57. The van der Waals surface area contributed by atoms with Crippen molar-refractivity contribution in [3.05, 3.63) is 29.8 Å². The normalized spacial score (nSPS) is 12.9. The topological polar surface area (TPSA) is 35.5 Å². The molecule has 0 fully saturated rings. The third-order valence-electron chi connectivity index (χ3n) is 2.43. The van der Waals surface area contributed by atoms with Crippen molar-refractivity contribution in [2.45, 2.75) is 46.1 Å². The maximum absolute atomic E-state index is 12.0. The molecule has 1 atom stereocenters. The van der Waals surface area contributed by atoms with Crippen molar-refractivity contribution in [3.8, 4) is 5.75 Å². The summed E-state index contributed by atoms with van der Waals surface area (Å²) in [6.07, 6.45) is 0. The Morgan fingerprint density at radius 1 is 1.33 bits per heavy atom. The van der Waals surface area contributed by atoms with Crippen LogP contribution in [0.25, 0.3) is 0 Å². The van der Waals surface area contributed by atoms with E-state index in [1.54, 1.807) is 0 Å². The highest BCUT2D eigenvalue weighted by Gasteiger charge is 2.23. The fraction of sp³-hybridized carbons (Fsp3) is 0.533. The first kappa shape index (κ1) is 14.6. The molecule has 0 aliphatic heterocycles. The van der Waals surface area contributed by atoms with E-state index in [4.69, 9.17) is 9.47 Å². The van der Waals surface area contributed by atoms with E-state index >= 15 is 0 Å². The lowest BCUT2D eigenvalue weighted by atomic mass is 10.0. The second kappa shape index (κ2) is 5.89. The SMILES string of the molecule is CCOc1cccc(C(C)C(=O)OC(C)(C)C)c1. The van der Waals surface area contributed by atoms with Gasteiger partial charge in [0.2, 0.25) is 0 Å². The Bertz CT molecular complexity index is 404. The van der Waals surface area contributed by atoms with Gasteiger partial charge in [-0.05, 0) is 52.3 Å². The van der Waals surface area contributed by atoms with Gasteiger partial charge in [-0.15, -0.1) is 0 Å². The van der Waals surface area contributed by atoms with E-state index in [0.29, 0.717) is 6.61 Å². The van der Waals surface area contributed by atoms with Crippen LogP contribution in [-0.2, 0) is 9.53 Å². The minimum absolute atomic E-state index is 0.212. The zero-order valence-electron chi connectivity index (χ0n) is 11.8. The van der Waals surface area contributed by atoms with Gasteiger partial charge in [0.1, 0.15) is 11.4 Å². The molecule has 0 spiro atoms. The Hall–Kier alpha value is -1.51. The number of ether oxygens (including phenoxy) is 2. The Kier molecular flexibility index (Phi) is 4.76. The highest BCUT2D eigenvalue weighted by Crippen LogP contribution is 2.23. The maximum atomic E-state index is 12.0. The monoisotopic (exact) mass is 250 g/mol. The van der Waals surface area contributed by atoms with Crippen LogP contribution in [0.2, 0.25) is 0 Å². The van der Waals surface area contributed by atoms with E-state index in [-0.39, 0.29) is 11.9 Å². The van der Waals surface area contributed by atoms with Gasteiger partial charge in [0.15, 0.2) is 0 Å². The van der Waals surface area contributed by atoms with Gasteiger partial charge in [0.25, 0.3) is 0 Å². The summed E-state index contributed by atoms with van der Waals surface area (Å²) in [5, 5.41) is 0. The number of carbonyl (C=O) groups excluding carboxylic acids is 1. The molecule has 0 bridgehead atoms. The molecule has 0 radical (unpaired) electrons. The third kappa shape index (κ3) is 4.40. The summed E-state index contributed by atoms with van der Waals surface area (Å²) in [7, 11) is 0. The number of esters is 1. The minimum atomic E-state index is -0.455. The zero-order chi connectivity index (χ0) is 13.8. The van der Waals surface area contributed by atoms with Gasteiger partial charge in [-0.3, -0.25) is 4.79 Å². The standard InChI is InChI=1S/C15H22O3/c1-6-17-13-9-7-8-12(10-13)11(2)14(16)18-15(3,4)5/h7-11H,6H2,1-5H3. The molecule has 1 aromatic carbocycles. The quantitative estimate of drug-likeness (QED) is 0.767. The lowest BCUT2D eigenvalue weighted by Gasteiger charge is -2.22. The van der Waals surface area contributed by atoms with Gasteiger partial charge in [0.05, 0.1) is 12.5 Å². The van der Waals surface area contributed by atoms with Crippen LogP contribution in [0.4, 0.5) is 0 Å². The number of carbonyl (C=O) groups is 1. The number of hydrogen-bond acceptors (Lipinski definition) is 3. The molecule has 0 saturated carbocycles. The largest absolute Gasteiger partial charge is 0.494 e. The van der Waals surface area contributed by atoms with E-state index in [1.165, 1.54) is 0 Å². The summed E-state index contributed by atoms with van der Waals surface area (Å²) in [4.78, 5) is 12.0. The molecule has 1 unspecified atom stereocenters. The van der Waals surface area contributed by atoms with E-state index < -0.39 is 5.60 Å². The molecule has 0 aliphatic rings. The lowest BCUT2D eigenvalue weighted by Crippen LogP contribution is -2.26. The Balaban J connectivity index is 2.80. The number of rotatable bonds is 4. The second-order valence-electron chi connectivity index (χ2n) is 5.26. The molecule has 0 aromatic heterocycles. The highest BCUT2D eigenvalue weighted by molar-refractivity contribution is 5.78. The summed E-state index contributed by atoms with van der Waals surface area (Å²) in [5.41, 5.74) is 0.457. The second-order valence-corrected chi connectivity index (χ2v) is 5.26. The zero-order valence-corrected chi connectivity index (χ0v) is 11.8. The Labute approximate surface area is 109 Å². The molecule has 0 aliphatic carbocycles. The first-order valence-electron chi connectivity index (χ1n) is 6.29. The lowest BCUT2D eigenvalue weighted by molar-refractivity contribution is -0.156. The van der Waals surface area contributed by atoms with E-state index in [9.17, 15) is 4.79 Å². The molecule has 0 N–H and O–H groups in total. The fourth-order valence-electron chi connectivity index (χ4n) is 1.57. The molecule has 18 heavy (non-hydrogen) atoms. The van der Waals surface area contributed by atoms with Gasteiger partial charge < -0.3 is 9.47 Å². The van der Waals surface area contributed by atoms with Crippen LogP contribution in [-0.4, -0.2) is 18.2 Å². The van der Waals surface area contributed by atoms with Crippen LogP contribution in [0.3, 0.4) is 0 Å². The molecule has 3 nitrogen and oxygen atoms in total. The molecule has 0 heterocycles. The van der Waals surface area contributed by atoms with Crippen molar-refractivity contribution in [3.63, 3.8) is 0 Å². The van der Waals surface area contributed by atoms with Crippen LogP contribution < -0.4 is 4.74 Å². The van der Waals surface area contributed by atoms with Crippen LogP contribution in [0.15, 0.2) is 24.3 Å². The molecule has 100 valence electrons. The van der Waals surface area contributed by atoms with Crippen molar-refractivity contribution in [1.29, 1.82) is 0 Å². The van der Waals surface area contributed by atoms with E-state index in [1.807, 2.05) is 58.9 Å². The smallest absolute Gasteiger partial charge is 0.313 e. The molecular formula is C15H22O3. The average Bonchev–Trinajstić information content (AvgIpc) is 2.26. The van der Waals surface area contributed by atoms with Crippen LogP contribution in [0.5, 0.6) is 5.75 Å². The summed E-state index contributed by atoms with van der Waals surface area (Å²) in [6.45, 7) is 10.0. The van der Waals surface area contributed by atoms with Crippen molar-refractivity contribution < 1.29 is 14.3 Å². The van der Waals surface area contributed by atoms with Crippen LogP contribution in [0.1, 0.15) is 46.1 Å². The summed E-state index contributed by atoms with van der Waals surface area (Å²) in [5.74, 6) is 0.284. The van der Waals surface area contributed by atoms with Crippen LogP contribution >= 0.6 is 0 Å². The van der Waals surface area contributed by atoms with E-state index in [0.717, 1.165) is 11.3 Å². The maximum Gasteiger partial charge on any atom is 0.313 e. The molecular weight excluding hydrogens is 228 g/mol. The molecule has 0 amide bonds. The molecule has 1 rings (SSSR count). The minimum Gasteiger partial charge on any atom is -0.494 e. The van der Waals surface area contributed by atoms with Gasteiger partial charge in [0, 0.05) is 0 Å². The van der Waals surface area contributed by atoms with Crippen molar-refractivity contribution in [2.24, 2.45) is 0 Å². The first-order valence-corrected chi connectivity index (χ1v) is 6.29. The van der Waals surface area contributed by atoms with Gasteiger partial charge in [-0.25, -0.2) is 0 Å². The predicted octanol–water partition coefficient (Wildman–Crippen LogP) is 3.53. The molecule has 3 heteroatoms. The Morgan fingerprint density at radius 2 is 2.00 bits per heavy atom. The summed E-state index contributed by atoms with van der Waals surface area (Å²) in [6, 6.07) is 7.57. The van der Waals surface area contributed by atoms with E-state index in [2.05, 4.69) is 0 Å². The van der Waals surface area contributed by atoms with Crippen molar-refractivity contribution in [2.75, 3.05) is 6.61 Å². The third-order valence-corrected chi connectivity index (χ3v) is 2.43.